The van der Waals surface area contributed by atoms with E-state index in [9.17, 15) is 19.2 Å². The van der Waals surface area contributed by atoms with Crippen LogP contribution in [-0.4, -0.2) is 46.6 Å². The molecule has 0 saturated carbocycles. The first-order valence-electron chi connectivity index (χ1n) is 10.0. The Morgan fingerprint density at radius 2 is 1.69 bits per heavy atom. The van der Waals surface area contributed by atoms with Gasteiger partial charge in [-0.1, -0.05) is 6.92 Å². The van der Waals surface area contributed by atoms with E-state index in [-0.39, 0.29) is 10.0 Å². The summed E-state index contributed by atoms with van der Waals surface area (Å²) in [5.74, 6) is -0.681. The zero-order chi connectivity index (χ0) is 23.4. The van der Waals surface area contributed by atoms with E-state index in [1.165, 1.54) is 50.4 Å². The molecule has 32 heavy (non-hydrogen) atoms. The Kier molecular flexibility index (Phi) is 7.89. The molecule has 0 spiro atoms. The minimum absolute atomic E-state index is 0.108. The van der Waals surface area contributed by atoms with Crippen LogP contribution in [0, 0.1) is 0 Å². The average molecular weight is 481 g/mol. The topological polar surface area (TPSA) is 109 Å². The van der Waals surface area contributed by atoms with Gasteiger partial charge >= 0.3 is 17.9 Å². The molecule has 0 aliphatic carbocycles. The molecule has 172 valence electrons. The summed E-state index contributed by atoms with van der Waals surface area (Å²) in [5.41, 5.74) is 0.363. The summed E-state index contributed by atoms with van der Waals surface area (Å²) in [5, 5.41) is 0.479. The van der Waals surface area contributed by atoms with Crippen LogP contribution in [0.4, 0.5) is 0 Å². The van der Waals surface area contributed by atoms with Crippen molar-refractivity contribution in [3.8, 4) is 0 Å². The van der Waals surface area contributed by atoms with Crippen LogP contribution in [0.2, 0.25) is 0 Å². The molecule has 1 saturated heterocycles. The summed E-state index contributed by atoms with van der Waals surface area (Å²) in [4.78, 5) is 48.1. The van der Waals surface area contributed by atoms with Crippen LogP contribution in [0.3, 0.4) is 0 Å². The summed E-state index contributed by atoms with van der Waals surface area (Å²) in [6, 6.07) is 6.75. The van der Waals surface area contributed by atoms with Crippen LogP contribution in [0.5, 0.6) is 0 Å². The molecular formula is C22H24O8S2. The fourth-order valence-electron chi connectivity index (χ4n) is 3.38. The van der Waals surface area contributed by atoms with Crippen LogP contribution >= 0.6 is 23.5 Å². The van der Waals surface area contributed by atoms with Gasteiger partial charge in [-0.05, 0) is 18.2 Å². The van der Waals surface area contributed by atoms with Gasteiger partial charge in [0.25, 0.3) is 0 Å². The molecule has 0 bridgehead atoms. The van der Waals surface area contributed by atoms with Crippen molar-refractivity contribution < 1.29 is 33.0 Å². The molecule has 0 unspecified atom stereocenters. The Hall–Kier alpha value is -2.46. The first-order valence-corrected chi connectivity index (χ1v) is 12.0. The maximum Gasteiger partial charge on any atom is 0.303 e. The minimum Gasteiger partial charge on any atom is -0.461 e. The molecule has 0 radical (unpaired) electrons. The van der Waals surface area contributed by atoms with Gasteiger partial charge in [0.2, 0.25) is 0 Å². The first kappa shape index (κ1) is 24.2. The molecule has 10 heteroatoms. The Labute approximate surface area is 193 Å². The molecule has 0 amide bonds. The SMILES string of the molecule is CCc1cc(=O)c2ccc(S[C@@H]3SC[C@@H](OC(C)=O)[C@H](OC(C)=O)[C@H]3OC(C)=O)cc2o1. The molecule has 1 aliphatic heterocycles. The second-order valence-electron chi connectivity index (χ2n) is 7.20. The summed E-state index contributed by atoms with van der Waals surface area (Å²) in [6.07, 6.45) is -1.94. The smallest absolute Gasteiger partial charge is 0.303 e. The van der Waals surface area contributed by atoms with Gasteiger partial charge < -0.3 is 18.6 Å². The van der Waals surface area contributed by atoms with E-state index in [1.807, 2.05) is 6.92 Å². The Balaban J connectivity index is 1.92. The average Bonchev–Trinajstić information content (AvgIpc) is 2.70. The van der Waals surface area contributed by atoms with Gasteiger partial charge in [-0.3, -0.25) is 19.2 Å². The van der Waals surface area contributed by atoms with Crippen molar-refractivity contribution in [2.45, 2.75) is 61.9 Å². The van der Waals surface area contributed by atoms with E-state index in [4.69, 9.17) is 18.6 Å². The number of fused-ring (bicyclic) bond motifs is 1. The van der Waals surface area contributed by atoms with E-state index in [0.29, 0.717) is 28.9 Å². The number of esters is 3. The normalized spacial score (nSPS) is 22.9. The van der Waals surface area contributed by atoms with Crippen molar-refractivity contribution >= 4 is 52.4 Å². The largest absolute Gasteiger partial charge is 0.461 e. The Morgan fingerprint density at radius 1 is 1.03 bits per heavy atom. The molecule has 3 rings (SSSR count). The van der Waals surface area contributed by atoms with Gasteiger partial charge in [-0.15, -0.1) is 23.5 Å². The number of rotatable bonds is 6. The van der Waals surface area contributed by atoms with Crippen LogP contribution < -0.4 is 5.43 Å². The summed E-state index contributed by atoms with van der Waals surface area (Å²) in [7, 11) is 0. The van der Waals surface area contributed by atoms with Crippen molar-refractivity contribution in [2.24, 2.45) is 0 Å². The van der Waals surface area contributed by atoms with Gasteiger partial charge in [-0.25, -0.2) is 0 Å². The van der Waals surface area contributed by atoms with Crippen molar-refractivity contribution in [1.82, 2.24) is 0 Å². The number of hydrogen-bond donors (Lipinski definition) is 0. The van der Waals surface area contributed by atoms with Crippen LogP contribution in [0.15, 0.2) is 38.4 Å². The summed E-state index contributed by atoms with van der Waals surface area (Å²) >= 11 is 2.82. The van der Waals surface area contributed by atoms with E-state index in [2.05, 4.69) is 0 Å². The van der Waals surface area contributed by atoms with Gasteiger partial charge in [0.15, 0.2) is 23.7 Å². The van der Waals surface area contributed by atoms with Crippen LogP contribution in [-0.2, 0) is 35.0 Å². The van der Waals surface area contributed by atoms with Crippen molar-refractivity contribution in [2.75, 3.05) is 5.75 Å². The fourth-order valence-corrected chi connectivity index (χ4v) is 6.19. The monoisotopic (exact) mass is 480 g/mol. The van der Waals surface area contributed by atoms with Crippen LogP contribution in [0.25, 0.3) is 11.0 Å². The van der Waals surface area contributed by atoms with E-state index >= 15 is 0 Å². The number of ether oxygens (including phenoxy) is 3. The van der Waals surface area contributed by atoms with Gasteiger partial charge in [-0.2, -0.15) is 0 Å². The minimum atomic E-state index is -0.941. The second-order valence-corrected chi connectivity index (χ2v) is 9.89. The lowest BCUT2D eigenvalue weighted by atomic mass is 10.1. The predicted molar refractivity (Wildman–Crippen MR) is 121 cm³/mol. The molecule has 1 aromatic carbocycles. The quantitative estimate of drug-likeness (QED) is 0.451. The maximum atomic E-state index is 12.3. The third-order valence-electron chi connectivity index (χ3n) is 4.66. The highest BCUT2D eigenvalue weighted by molar-refractivity contribution is 8.17. The van der Waals surface area contributed by atoms with E-state index in [0.717, 1.165) is 4.90 Å². The third-order valence-corrected chi connectivity index (χ3v) is 7.50. The number of carbonyl (C=O) groups excluding carboxylic acids is 3. The summed E-state index contributed by atoms with van der Waals surface area (Å²) in [6.45, 7) is 5.68. The molecule has 1 fully saturated rings. The molecule has 1 aromatic heterocycles. The molecule has 8 nitrogen and oxygen atoms in total. The van der Waals surface area contributed by atoms with Gasteiger partial charge in [0.05, 0.1) is 9.97 Å². The highest BCUT2D eigenvalue weighted by atomic mass is 32.2. The molecule has 4 atom stereocenters. The molecule has 2 aromatic rings. The lowest BCUT2D eigenvalue weighted by molar-refractivity contribution is -0.180. The van der Waals surface area contributed by atoms with E-state index < -0.39 is 36.2 Å². The zero-order valence-corrected chi connectivity index (χ0v) is 19.7. The van der Waals surface area contributed by atoms with E-state index in [1.54, 1.807) is 18.2 Å². The number of aryl methyl sites for hydroxylation is 1. The Morgan fingerprint density at radius 3 is 2.31 bits per heavy atom. The lowest BCUT2D eigenvalue weighted by Crippen LogP contribution is -2.53. The van der Waals surface area contributed by atoms with Crippen molar-refractivity contribution in [3.05, 3.63) is 40.2 Å². The van der Waals surface area contributed by atoms with Gasteiger partial charge in [0.1, 0.15) is 11.3 Å². The third kappa shape index (κ3) is 5.86. The Bertz CT molecular complexity index is 1080. The maximum absolute atomic E-state index is 12.3. The van der Waals surface area contributed by atoms with Gasteiger partial charge in [0, 0.05) is 43.9 Å². The zero-order valence-electron chi connectivity index (χ0n) is 18.1. The number of carbonyl (C=O) groups is 3. The summed E-state index contributed by atoms with van der Waals surface area (Å²) < 4.78 is 21.7. The molecular weight excluding hydrogens is 456 g/mol. The van der Waals surface area contributed by atoms with Crippen LogP contribution in [0.1, 0.15) is 33.5 Å². The highest BCUT2D eigenvalue weighted by Crippen LogP contribution is 2.42. The van der Waals surface area contributed by atoms with Crippen molar-refractivity contribution in [3.63, 3.8) is 0 Å². The first-order chi connectivity index (χ1) is 15.2. The molecule has 2 heterocycles. The number of hydrogen-bond acceptors (Lipinski definition) is 10. The standard InChI is InChI=1S/C22H24O8S2/c1-5-14-8-17(26)16-7-6-15(9-18(16)30-14)32-22-21(29-13(4)25)20(28-12(3)24)19(10-31-22)27-11(2)23/h6-9,19-22H,5,10H2,1-4H3/t19-,20+,21-,22+/m1/s1. The number of benzene rings is 1. The molecule has 1 aliphatic rings. The molecule has 0 N–H and O–H groups in total. The van der Waals surface area contributed by atoms with Crippen molar-refractivity contribution in [1.29, 1.82) is 0 Å². The highest BCUT2D eigenvalue weighted by Gasteiger charge is 2.46. The second kappa shape index (κ2) is 10.4. The lowest BCUT2D eigenvalue weighted by Gasteiger charge is -2.39. The predicted octanol–water partition coefficient (Wildman–Crippen LogP) is 3.32. The fraction of sp³-hybridized carbons (Fsp3) is 0.455. The number of thioether (sulfide) groups is 2.